The highest BCUT2D eigenvalue weighted by molar-refractivity contribution is 5.70. The minimum atomic E-state index is -0.0308. The zero-order valence-electron chi connectivity index (χ0n) is 16.9. The minimum Gasteiger partial charge on any atom is -0.464 e. The molecule has 0 aromatic heterocycles. The van der Waals surface area contributed by atoms with Crippen LogP contribution in [0.2, 0.25) is 0 Å². The van der Waals surface area contributed by atoms with Crippen LogP contribution in [0.5, 0.6) is 5.75 Å². The van der Waals surface area contributed by atoms with Crippen LogP contribution in [0, 0.1) is 5.92 Å². The van der Waals surface area contributed by atoms with Gasteiger partial charge in [0.25, 0.3) is 0 Å². The van der Waals surface area contributed by atoms with Crippen LogP contribution in [0.1, 0.15) is 24.6 Å². The maximum Gasteiger partial charge on any atom is 0.199 e. The Bertz CT molecular complexity index is 860. The number of rotatable bonds is 3. The van der Waals surface area contributed by atoms with E-state index in [0.29, 0.717) is 6.04 Å². The van der Waals surface area contributed by atoms with Gasteiger partial charge >= 0.3 is 0 Å². The van der Waals surface area contributed by atoms with E-state index in [1.807, 2.05) is 0 Å². The van der Waals surface area contributed by atoms with Crippen molar-refractivity contribution in [2.24, 2.45) is 5.92 Å². The van der Waals surface area contributed by atoms with Gasteiger partial charge in [-0.05, 0) is 44.0 Å². The second kappa shape index (κ2) is 7.22. The van der Waals surface area contributed by atoms with Crippen LogP contribution in [0.25, 0.3) is 0 Å². The van der Waals surface area contributed by atoms with E-state index in [1.54, 1.807) is 0 Å². The van der Waals surface area contributed by atoms with Crippen molar-refractivity contribution in [1.82, 2.24) is 4.90 Å². The first-order chi connectivity index (χ1) is 14.4. The summed E-state index contributed by atoms with van der Waals surface area (Å²) in [6, 6.07) is 18.1. The fourth-order valence-electron chi connectivity index (χ4n) is 5.58. The molecule has 5 heteroatoms. The topological polar surface area (TPSA) is 28.2 Å². The lowest BCUT2D eigenvalue weighted by molar-refractivity contribution is 0.0700. The number of morpholine rings is 1. The molecule has 0 amide bonds. The fraction of sp³-hybridized carbons (Fsp3) is 0.500. The fourth-order valence-corrected chi connectivity index (χ4v) is 5.58. The lowest BCUT2D eigenvalue weighted by atomic mass is 9.82. The molecule has 2 atom stereocenters. The Labute approximate surface area is 172 Å². The molecular weight excluding hydrogens is 362 g/mol. The molecule has 2 bridgehead atoms. The number of hydrogen-bond donors (Lipinski definition) is 0. The normalized spacial score (nSPS) is 30.9. The average Bonchev–Trinajstić information content (AvgIpc) is 3.20. The van der Waals surface area contributed by atoms with Crippen LogP contribution in [0.4, 0.5) is 11.4 Å². The number of piperidine rings is 3. The predicted molar refractivity (Wildman–Crippen MR) is 115 cm³/mol. The van der Waals surface area contributed by atoms with Crippen molar-refractivity contribution < 1.29 is 9.47 Å². The summed E-state index contributed by atoms with van der Waals surface area (Å²) in [4.78, 5) is 7.62. The highest BCUT2D eigenvalue weighted by Crippen LogP contribution is 2.49. The number of anilines is 2. The summed E-state index contributed by atoms with van der Waals surface area (Å²) in [5.74, 6) is 1.79. The second-order valence-corrected chi connectivity index (χ2v) is 8.74. The van der Waals surface area contributed by atoms with E-state index >= 15 is 0 Å². The molecule has 5 heterocycles. The molecule has 4 fully saturated rings. The lowest BCUT2D eigenvalue weighted by Crippen LogP contribution is -2.57. The van der Waals surface area contributed by atoms with Crippen molar-refractivity contribution in [2.75, 3.05) is 55.7 Å². The van der Waals surface area contributed by atoms with Crippen molar-refractivity contribution in [3.05, 3.63) is 54.1 Å². The van der Waals surface area contributed by atoms with Gasteiger partial charge in [0.1, 0.15) is 5.75 Å². The molecule has 4 saturated heterocycles. The van der Waals surface area contributed by atoms with Crippen LogP contribution >= 0.6 is 0 Å². The van der Waals surface area contributed by atoms with Gasteiger partial charge in [0.2, 0.25) is 0 Å². The number of benzene rings is 2. The van der Waals surface area contributed by atoms with E-state index in [1.165, 1.54) is 42.9 Å². The average molecular weight is 392 g/mol. The Balaban J connectivity index is 1.37. The molecule has 0 aliphatic carbocycles. The van der Waals surface area contributed by atoms with Gasteiger partial charge in [0, 0.05) is 43.0 Å². The molecule has 7 rings (SSSR count). The summed E-state index contributed by atoms with van der Waals surface area (Å²) in [5, 5.41) is 0. The molecule has 0 N–H and O–H groups in total. The SMILES string of the molecule is c1ccc(C2Oc3cc(N4CCOCC4)ccc3N2C2CN3CCC2CC3)cc1. The monoisotopic (exact) mass is 391 g/mol. The minimum absolute atomic E-state index is 0.0308. The van der Waals surface area contributed by atoms with Gasteiger partial charge in [-0.1, -0.05) is 30.3 Å². The molecule has 2 aromatic rings. The van der Waals surface area contributed by atoms with Crippen LogP contribution in [0.15, 0.2) is 48.5 Å². The maximum atomic E-state index is 6.65. The Morgan fingerprint density at radius 1 is 0.862 bits per heavy atom. The van der Waals surface area contributed by atoms with E-state index in [2.05, 4.69) is 63.2 Å². The third kappa shape index (κ3) is 3.08. The molecule has 2 aromatic carbocycles. The molecule has 5 aliphatic heterocycles. The molecular formula is C24H29N3O2. The highest BCUT2D eigenvalue weighted by atomic mass is 16.5. The summed E-state index contributed by atoms with van der Waals surface area (Å²) in [6.45, 7) is 7.17. The van der Waals surface area contributed by atoms with Crippen molar-refractivity contribution in [2.45, 2.75) is 25.1 Å². The first-order valence-corrected chi connectivity index (χ1v) is 11.1. The highest BCUT2D eigenvalue weighted by Gasteiger charge is 2.44. The Kier molecular flexibility index (Phi) is 4.38. The number of nitrogens with zero attached hydrogens (tertiary/aromatic N) is 3. The van der Waals surface area contributed by atoms with Gasteiger partial charge in [0.05, 0.1) is 18.9 Å². The summed E-state index contributed by atoms with van der Waals surface area (Å²) < 4.78 is 12.2. The van der Waals surface area contributed by atoms with Gasteiger partial charge < -0.3 is 24.2 Å². The summed E-state index contributed by atoms with van der Waals surface area (Å²) in [6.07, 6.45) is 2.59. The Hall–Kier alpha value is -2.24. The molecule has 0 spiro atoms. The van der Waals surface area contributed by atoms with Crippen LogP contribution in [0.3, 0.4) is 0 Å². The van der Waals surface area contributed by atoms with Crippen molar-refractivity contribution >= 4 is 11.4 Å². The zero-order chi connectivity index (χ0) is 19.2. The van der Waals surface area contributed by atoms with E-state index in [-0.39, 0.29) is 6.23 Å². The van der Waals surface area contributed by atoms with Crippen molar-refractivity contribution in [3.8, 4) is 5.75 Å². The first-order valence-electron chi connectivity index (χ1n) is 11.1. The maximum absolute atomic E-state index is 6.65. The molecule has 5 aliphatic rings. The first kappa shape index (κ1) is 17.6. The van der Waals surface area contributed by atoms with Crippen molar-refractivity contribution in [3.63, 3.8) is 0 Å². The van der Waals surface area contributed by atoms with Gasteiger partial charge in [-0.3, -0.25) is 0 Å². The molecule has 2 unspecified atom stereocenters. The third-order valence-electron chi connectivity index (χ3n) is 7.15. The van der Waals surface area contributed by atoms with Gasteiger partial charge in [0.15, 0.2) is 6.23 Å². The zero-order valence-corrected chi connectivity index (χ0v) is 16.9. The van der Waals surface area contributed by atoms with Crippen molar-refractivity contribution in [1.29, 1.82) is 0 Å². The molecule has 0 radical (unpaired) electrons. The Morgan fingerprint density at radius 3 is 2.38 bits per heavy atom. The number of hydrogen-bond acceptors (Lipinski definition) is 5. The summed E-state index contributed by atoms with van der Waals surface area (Å²) in [5.41, 5.74) is 3.75. The van der Waals surface area contributed by atoms with E-state index in [9.17, 15) is 0 Å². The molecule has 5 nitrogen and oxygen atoms in total. The standard InChI is InChI=1S/C24H29N3O2/c1-2-4-19(5-3-1)24-27(22-17-25-10-8-18(22)9-11-25)21-7-6-20(16-23(21)29-24)26-12-14-28-15-13-26/h1-7,16,18,22,24H,8-15,17H2. The largest absolute Gasteiger partial charge is 0.464 e. The molecule has 152 valence electrons. The predicted octanol–water partition coefficient (Wildman–Crippen LogP) is 3.52. The quantitative estimate of drug-likeness (QED) is 0.798. The van der Waals surface area contributed by atoms with Crippen LogP contribution < -0.4 is 14.5 Å². The Morgan fingerprint density at radius 2 is 1.66 bits per heavy atom. The van der Waals surface area contributed by atoms with Crippen LogP contribution in [-0.4, -0.2) is 56.9 Å². The van der Waals surface area contributed by atoms with Gasteiger partial charge in [-0.25, -0.2) is 0 Å². The summed E-state index contributed by atoms with van der Waals surface area (Å²) in [7, 11) is 0. The van der Waals surface area contributed by atoms with E-state index in [4.69, 9.17) is 9.47 Å². The molecule has 0 saturated carbocycles. The van der Waals surface area contributed by atoms with Gasteiger partial charge in [-0.2, -0.15) is 0 Å². The van der Waals surface area contributed by atoms with Crippen LogP contribution in [-0.2, 0) is 4.74 Å². The molecule has 29 heavy (non-hydrogen) atoms. The van der Waals surface area contributed by atoms with E-state index < -0.39 is 0 Å². The second-order valence-electron chi connectivity index (χ2n) is 8.74. The summed E-state index contributed by atoms with van der Waals surface area (Å²) >= 11 is 0. The van der Waals surface area contributed by atoms with E-state index in [0.717, 1.165) is 44.5 Å². The number of ether oxygens (including phenoxy) is 2. The lowest BCUT2D eigenvalue weighted by Gasteiger charge is -2.49. The van der Waals surface area contributed by atoms with Gasteiger partial charge in [-0.15, -0.1) is 0 Å². The number of fused-ring (bicyclic) bond motifs is 4. The third-order valence-corrected chi connectivity index (χ3v) is 7.15. The smallest absolute Gasteiger partial charge is 0.199 e.